The van der Waals surface area contributed by atoms with Gasteiger partial charge in [0.25, 0.3) is 0 Å². The van der Waals surface area contributed by atoms with Gasteiger partial charge in [0, 0.05) is 12.5 Å². The summed E-state index contributed by atoms with van der Waals surface area (Å²) in [6, 6.07) is -0.515. The molecule has 1 aliphatic heterocycles. The van der Waals surface area contributed by atoms with E-state index in [2.05, 4.69) is 17.9 Å². The zero-order chi connectivity index (χ0) is 17.0. The molecule has 21 heavy (non-hydrogen) atoms. The molecule has 1 aliphatic rings. The number of thiol groups is 1. The molecule has 0 radical (unpaired) electrons. The van der Waals surface area contributed by atoms with E-state index in [1.165, 1.54) is 4.90 Å². The number of hydrogen-bond donors (Lipinski definition) is 3. The molecule has 0 saturated carbocycles. The first-order valence-electron chi connectivity index (χ1n) is 7.24. The second-order valence-electron chi connectivity index (χ2n) is 4.52. The first-order chi connectivity index (χ1) is 9.93. The molecule has 0 bridgehead atoms. The summed E-state index contributed by atoms with van der Waals surface area (Å²) in [7, 11) is 0. The minimum atomic E-state index is -0.515. The van der Waals surface area contributed by atoms with Crippen molar-refractivity contribution in [1.29, 1.82) is 0 Å². The second kappa shape index (κ2) is 12.5. The average molecular weight is 319 g/mol. The Morgan fingerprint density at radius 2 is 1.81 bits per heavy atom. The van der Waals surface area contributed by atoms with Gasteiger partial charge in [-0.2, -0.15) is 12.6 Å². The van der Waals surface area contributed by atoms with E-state index < -0.39 is 11.9 Å². The number of carbonyl (C=O) groups is 3. The number of likely N-dealkylation sites (tertiary alicyclic amines) is 1. The average Bonchev–Trinajstić information content (AvgIpc) is 2.98. The van der Waals surface area contributed by atoms with Gasteiger partial charge in [-0.1, -0.05) is 27.7 Å². The predicted molar refractivity (Wildman–Crippen MR) is 88.0 cm³/mol. The van der Waals surface area contributed by atoms with Crippen molar-refractivity contribution >= 4 is 30.4 Å². The third-order valence-electron chi connectivity index (χ3n) is 2.84. The zero-order valence-electron chi connectivity index (χ0n) is 13.7. The van der Waals surface area contributed by atoms with Crippen molar-refractivity contribution in [3.8, 4) is 0 Å². The van der Waals surface area contributed by atoms with Crippen LogP contribution in [-0.2, 0) is 14.4 Å². The molecule has 0 aromatic rings. The van der Waals surface area contributed by atoms with Crippen LogP contribution in [0.2, 0.25) is 0 Å². The quantitative estimate of drug-likeness (QED) is 0.669. The van der Waals surface area contributed by atoms with E-state index in [1.54, 1.807) is 20.1 Å². The number of primary amides is 1. The second-order valence-corrected chi connectivity index (χ2v) is 4.52. The maximum absolute atomic E-state index is 11.8. The summed E-state index contributed by atoms with van der Waals surface area (Å²) in [5.41, 5.74) is 5.21. The lowest BCUT2D eigenvalue weighted by Gasteiger charge is -2.22. The van der Waals surface area contributed by atoms with Gasteiger partial charge in [0.2, 0.25) is 17.7 Å². The Bertz CT molecular complexity index is 335. The molecule has 3 N–H and O–H groups in total. The van der Waals surface area contributed by atoms with Crippen LogP contribution in [0.15, 0.2) is 0 Å². The lowest BCUT2D eigenvalue weighted by molar-refractivity contribution is -0.138. The molecule has 0 spiro atoms. The molecule has 1 unspecified atom stereocenters. The highest BCUT2D eigenvalue weighted by Crippen LogP contribution is 2.16. The number of hydrogen-bond acceptors (Lipinski definition) is 4. The Labute approximate surface area is 133 Å². The van der Waals surface area contributed by atoms with E-state index in [0.29, 0.717) is 13.0 Å². The number of rotatable bonds is 4. The molecule has 1 fully saturated rings. The highest BCUT2D eigenvalue weighted by molar-refractivity contribution is 7.79. The third-order valence-corrected chi connectivity index (χ3v) is 2.84. The number of amides is 3. The Balaban J connectivity index is 0. The number of nitrogens with zero attached hydrogens (tertiary/aromatic N) is 1. The van der Waals surface area contributed by atoms with Crippen molar-refractivity contribution < 1.29 is 14.4 Å². The van der Waals surface area contributed by atoms with E-state index in [0.717, 1.165) is 6.42 Å². The van der Waals surface area contributed by atoms with Gasteiger partial charge < -0.3 is 16.0 Å². The fourth-order valence-electron chi connectivity index (χ4n) is 1.83. The van der Waals surface area contributed by atoms with Crippen LogP contribution in [0.25, 0.3) is 0 Å². The molecule has 1 rings (SSSR count). The van der Waals surface area contributed by atoms with Gasteiger partial charge >= 0.3 is 0 Å². The van der Waals surface area contributed by atoms with Crippen LogP contribution in [0.5, 0.6) is 0 Å². The van der Waals surface area contributed by atoms with Gasteiger partial charge in [-0.3, -0.25) is 14.4 Å². The zero-order valence-corrected chi connectivity index (χ0v) is 14.6. The molecule has 6 nitrogen and oxygen atoms in total. The van der Waals surface area contributed by atoms with Crippen LogP contribution in [0.1, 0.15) is 40.5 Å². The molecule has 1 heterocycles. The summed E-state index contributed by atoms with van der Waals surface area (Å²) in [5.74, 6) is -1.06. The summed E-state index contributed by atoms with van der Waals surface area (Å²) >= 11 is 3.53. The van der Waals surface area contributed by atoms with E-state index in [9.17, 15) is 14.4 Å². The van der Waals surface area contributed by atoms with E-state index in [1.807, 2.05) is 13.8 Å². The normalized spacial score (nSPS) is 16.3. The maximum Gasteiger partial charge on any atom is 0.242 e. The highest BCUT2D eigenvalue weighted by atomic mass is 32.1. The highest BCUT2D eigenvalue weighted by Gasteiger charge is 2.32. The fourth-order valence-corrected chi connectivity index (χ4v) is 1.83. The molecule has 0 aromatic heterocycles. The minimum Gasteiger partial charge on any atom is -0.368 e. The molecular weight excluding hydrogens is 290 g/mol. The van der Waals surface area contributed by atoms with Gasteiger partial charge in [0.15, 0.2) is 0 Å². The molecule has 0 aliphatic carbocycles. The summed E-state index contributed by atoms with van der Waals surface area (Å²) in [6.45, 7) is 7.97. The Hall–Kier alpha value is -1.24. The summed E-state index contributed by atoms with van der Waals surface area (Å²) in [6.07, 6.45) is 3.08. The van der Waals surface area contributed by atoms with Crippen molar-refractivity contribution in [2.75, 3.05) is 19.3 Å². The van der Waals surface area contributed by atoms with Crippen LogP contribution in [-0.4, -0.2) is 48.0 Å². The largest absolute Gasteiger partial charge is 0.368 e. The van der Waals surface area contributed by atoms with Crippen LogP contribution in [0, 0.1) is 5.92 Å². The van der Waals surface area contributed by atoms with Gasteiger partial charge in [-0.25, -0.2) is 0 Å². The summed E-state index contributed by atoms with van der Waals surface area (Å²) in [5, 5.41) is 2.54. The Morgan fingerprint density at radius 1 is 1.29 bits per heavy atom. The van der Waals surface area contributed by atoms with Crippen molar-refractivity contribution in [2.24, 2.45) is 11.7 Å². The molecule has 124 valence electrons. The third kappa shape index (κ3) is 7.94. The monoisotopic (exact) mass is 319 g/mol. The molecule has 1 saturated heterocycles. The SMILES string of the molecule is CC.CC(C)C(=O)NCC(=O)N1CCCC1C(N)=O.CS. The van der Waals surface area contributed by atoms with Crippen molar-refractivity contribution in [3.05, 3.63) is 0 Å². The van der Waals surface area contributed by atoms with Crippen LogP contribution in [0.3, 0.4) is 0 Å². The predicted octanol–water partition coefficient (Wildman–Crippen LogP) is 0.807. The molecule has 3 amide bonds. The van der Waals surface area contributed by atoms with Crippen molar-refractivity contribution in [3.63, 3.8) is 0 Å². The lowest BCUT2D eigenvalue weighted by atomic mass is 10.2. The van der Waals surface area contributed by atoms with E-state index in [4.69, 9.17) is 5.73 Å². The Kier molecular flexibility index (Phi) is 13.1. The van der Waals surface area contributed by atoms with Crippen molar-refractivity contribution in [2.45, 2.75) is 46.6 Å². The molecule has 7 heteroatoms. The fraction of sp³-hybridized carbons (Fsp3) is 0.786. The van der Waals surface area contributed by atoms with E-state index >= 15 is 0 Å². The molecule has 0 aromatic carbocycles. The summed E-state index contributed by atoms with van der Waals surface area (Å²) < 4.78 is 0. The smallest absolute Gasteiger partial charge is 0.242 e. The lowest BCUT2D eigenvalue weighted by Crippen LogP contribution is -2.47. The number of nitrogens with two attached hydrogens (primary N) is 1. The van der Waals surface area contributed by atoms with Crippen LogP contribution < -0.4 is 11.1 Å². The van der Waals surface area contributed by atoms with Gasteiger partial charge in [0.1, 0.15) is 6.04 Å². The first-order valence-corrected chi connectivity index (χ1v) is 8.14. The van der Waals surface area contributed by atoms with Gasteiger partial charge in [-0.05, 0) is 19.1 Å². The number of nitrogens with one attached hydrogen (secondary N) is 1. The van der Waals surface area contributed by atoms with Gasteiger partial charge in [0.05, 0.1) is 6.54 Å². The van der Waals surface area contributed by atoms with Crippen LogP contribution in [0.4, 0.5) is 0 Å². The Morgan fingerprint density at radius 3 is 2.24 bits per heavy atom. The van der Waals surface area contributed by atoms with Crippen LogP contribution >= 0.6 is 12.6 Å². The standard InChI is InChI=1S/C11H19N3O3.C2H6.CH4S/c1-7(2)11(17)13-6-9(15)14-5-3-4-8(14)10(12)16;2*1-2/h7-8H,3-6H2,1-2H3,(H2,12,16)(H,13,17);1-2H3;2H,1H3. The van der Waals surface area contributed by atoms with E-state index in [-0.39, 0.29) is 24.3 Å². The first kappa shape index (κ1) is 22.0. The van der Waals surface area contributed by atoms with Crippen molar-refractivity contribution in [1.82, 2.24) is 10.2 Å². The molecule has 1 atom stereocenters. The van der Waals surface area contributed by atoms with Gasteiger partial charge in [-0.15, -0.1) is 0 Å². The number of carbonyl (C=O) groups excluding carboxylic acids is 3. The molecular formula is C14H29N3O3S. The maximum atomic E-state index is 11.8. The minimum absolute atomic E-state index is 0.0687. The topological polar surface area (TPSA) is 92.5 Å². The summed E-state index contributed by atoms with van der Waals surface area (Å²) in [4.78, 5) is 35.6.